The molecule has 9 nitrogen and oxygen atoms in total. The number of aryl methyl sites for hydroxylation is 1. The van der Waals surface area contributed by atoms with Gasteiger partial charge < -0.3 is 20.3 Å². The quantitative estimate of drug-likeness (QED) is 0.405. The molecule has 0 aliphatic carbocycles. The highest BCUT2D eigenvalue weighted by molar-refractivity contribution is 6.00. The highest BCUT2D eigenvalue weighted by Crippen LogP contribution is 2.29. The average Bonchev–Trinajstić information content (AvgIpc) is 3.50. The zero-order chi connectivity index (χ0) is 25.1. The summed E-state index contributed by atoms with van der Waals surface area (Å²) in [5, 5.41) is 9.37. The Morgan fingerprint density at radius 3 is 2.72 bits per heavy atom. The smallest absolute Gasteiger partial charge is 0.323 e. The van der Waals surface area contributed by atoms with Gasteiger partial charge in [-0.15, -0.1) is 0 Å². The van der Waals surface area contributed by atoms with Crippen molar-refractivity contribution in [2.45, 2.75) is 6.42 Å². The first-order valence-corrected chi connectivity index (χ1v) is 11.3. The Morgan fingerprint density at radius 2 is 1.94 bits per heavy atom. The number of urea groups is 1. The van der Waals surface area contributed by atoms with Gasteiger partial charge in [0.05, 0.1) is 24.1 Å². The first-order chi connectivity index (χ1) is 17.4. The zero-order valence-corrected chi connectivity index (χ0v) is 19.4. The molecular weight excluding hydrogens is 463 g/mol. The second-order valence-corrected chi connectivity index (χ2v) is 8.36. The third-order valence-corrected chi connectivity index (χ3v) is 5.65. The van der Waals surface area contributed by atoms with Gasteiger partial charge in [0.1, 0.15) is 17.3 Å². The minimum atomic E-state index is -0.608. The summed E-state index contributed by atoms with van der Waals surface area (Å²) in [6, 6.07) is 14.1. The molecule has 2 aromatic carbocycles. The number of carbonyl (C=O) groups excluding carboxylic acids is 2. The van der Waals surface area contributed by atoms with E-state index in [0.717, 1.165) is 11.3 Å². The van der Waals surface area contributed by atoms with Crippen LogP contribution in [0.3, 0.4) is 0 Å². The lowest BCUT2D eigenvalue weighted by atomic mass is 10.2. The predicted molar refractivity (Wildman–Crippen MR) is 134 cm³/mol. The van der Waals surface area contributed by atoms with Gasteiger partial charge in [-0.05, 0) is 36.4 Å². The number of nitrogens with one attached hydrogen (secondary N) is 2. The van der Waals surface area contributed by atoms with E-state index in [0.29, 0.717) is 42.4 Å². The molecule has 2 N–H and O–H groups in total. The summed E-state index contributed by atoms with van der Waals surface area (Å²) in [6.07, 6.45) is 5.66. The van der Waals surface area contributed by atoms with Crippen molar-refractivity contribution in [2.24, 2.45) is 7.05 Å². The maximum absolute atomic E-state index is 14.4. The van der Waals surface area contributed by atoms with E-state index in [1.54, 1.807) is 47.4 Å². The Hall–Kier alpha value is -4.73. The van der Waals surface area contributed by atoms with Crippen LogP contribution in [0.2, 0.25) is 0 Å². The van der Waals surface area contributed by atoms with E-state index in [4.69, 9.17) is 4.74 Å². The number of ketones is 1. The highest BCUT2D eigenvalue weighted by Gasteiger charge is 2.20. The molecule has 10 heteroatoms. The molecule has 0 spiro atoms. The molecule has 0 radical (unpaired) electrons. The standard InChI is InChI=1S/C26H23FN6O3/c1-32-15-17(14-29-32)24-12-22(7-9-28-24)36-21-5-6-23(27)25(13-21)31-26(35)30-18-3-2-4-19(11-18)33-10-8-20(34)16-33/h2-7,9,11-15H,8,10,16H2,1H3,(H2,30,31,35). The number of nitrogens with zero attached hydrogens (tertiary/aromatic N) is 4. The van der Waals surface area contributed by atoms with Crippen molar-refractivity contribution < 1.29 is 18.7 Å². The first-order valence-electron chi connectivity index (χ1n) is 11.3. The van der Waals surface area contributed by atoms with Gasteiger partial charge in [0, 0.05) is 61.5 Å². The Labute approximate surface area is 206 Å². The molecule has 2 aromatic heterocycles. The fourth-order valence-electron chi connectivity index (χ4n) is 3.90. The van der Waals surface area contributed by atoms with Gasteiger partial charge in [0.15, 0.2) is 5.78 Å². The van der Waals surface area contributed by atoms with E-state index in [-0.39, 0.29) is 11.5 Å². The summed E-state index contributed by atoms with van der Waals surface area (Å²) < 4.78 is 22.0. The third-order valence-electron chi connectivity index (χ3n) is 5.65. The molecule has 3 heterocycles. The Bertz CT molecular complexity index is 1440. The maximum atomic E-state index is 14.4. The molecule has 0 saturated carbocycles. The van der Waals surface area contributed by atoms with Crippen molar-refractivity contribution in [2.75, 3.05) is 28.6 Å². The number of aromatic nitrogens is 3. The molecule has 0 atom stereocenters. The molecule has 182 valence electrons. The van der Waals surface area contributed by atoms with Crippen LogP contribution in [0.4, 0.5) is 26.2 Å². The number of anilines is 3. The van der Waals surface area contributed by atoms with Crippen molar-refractivity contribution in [3.8, 4) is 22.8 Å². The van der Waals surface area contributed by atoms with Crippen molar-refractivity contribution in [1.82, 2.24) is 14.8 Å². The number of halogens is 1. The predicted octanol–water partition coefficient (Wildman–Crippen LogP) is 4.84. The molecule has 0 unspecified atom stereocenters. The normalized spacial score (nSPS) is 13.1. The molecule has 2 amide bonds. The second-order valence-electron chi connectivity index (χ2n) is 8.36. The molecule has 1 fully saturated rings. The van der Waals surface area contributed by atoms with Crippen LogP contribution in [0.25, 0.3) is 11.3 Å². The van der Waals surface area contributed by atoms with Crippen molar-refractivity contribution in [3.63, 3.8) is 0 Å². The van der Waals surface area contributed by atoms with E-state index < -0.39 is 11.8 Å². The zero-order valence-electron chi connectivity index (χ0n) is 19.4. The molecule has 4 aromatic rings. The molecule has 1 aliphatic rings. The number of ether oxygens (including phenoxy) is 1. The van der Waals surface area contributed by atoms with Gasteiger partial charge in [-0.3, -0.25) is 14.5 Å². The number of hydrogen-bond donors (Lipinski definition) is 2. The minimum Gasteiger partial charge on any atom is -0.457 e. The summed E-state index contributed by atoms with van der Waals surface area (Å²) >= 11 is 0. The van der Waals surface area contributed by atoms with Gasteiger partial charge in [-0.25, -0.2) is 9.18 Å². The summed E-state index contributed by atoms with van der Waals surface area (Å²) in [4.78, 5) is 30.4. The molecule has 1 saturated heterocycles. The van der Waals surface area contributed by atoms with E-state index in [1.807, 2.05) is 24.2 Å². The van der Waals surface area contributed by atoms with Gasteiger partial charge in [0.25, 0.3) is 0 Å². The van der Waals surface area contributed by atoms with Crippen molar-refractivity contribution in [1.29, 1.82) is 0 Å². The van der Waals surface area contributed by atoms with Gasteiger partial charge in [-0.2, -0.15) is 5.10 Å². The number of amides is 2. The first kappa shape index (κ1) is 23.0. The van der Waals surface area contributed by atoms with Crippen molar-refractivity contribution >= 4 is 28.9 Å². The van der Waals surface area contributed by atoms with Crippen molar-refractivity contribution in [3.05, 3.63) is 79.0 Å². The molecule has 5 rings (SSSR count). The van der Waals surface area contributed by atoms with Gasteiger partial charge in [-0.1, -0.05) is 6.07 Å². The molecular formula is C26H23FN6O3. The van der Waals surface area contributed by atoms with Crippen LogP contribution in [-0.4, -0.2) is 39.7 Å². The summed E-state index contributed by atoms with van der Waals surface area (Å²) in [6.45, 7) is 1.00. The molecule has 0 bridgehead atoms. The van der Waals surface area contributed by atoms with Gasteiger partial charge in [0.2, 0.25) is 0 Å². The Morgan fingerprint density at radius 1 is 1.08 bits per heavy atom. The number of rotatable bonds is 6. The van der Waals surface area contributed by atoms with E-state index in [2.05, 4.69) is 20.7 Å². The Balaban J connectivity index is 1.26. The van der Waals surface area contributed by atoms with Crippen LogP contribution < -0.4 is 20.3 Å². The van der Waals surface area contributed by atoms with Crippen LogP contribution in [-0.2, 0) is 11.8 Å². The van der Waals surface area contributed by atoms with Crippen LogP contribution >= 0.6 is 0 Å². The average molecular weight is 487 g/mol. The third kappa shape index (κ3) is 5.33. The fourth-order valence-corrected chi connectivity index (χ4v) is 3.90. The van der Waals surface area contributed by atoms with E-state index >= 15 is 0 Å². The van der Waals surface area contributed by atoms with Crippen LogP contribution in [0.1, 0.15) is 6.42 Å². The lowest BCUT2D eigenvalue weighted by molar-refractivity contribution is -0.116. The molecule has 36 heavy (non-hydrogen) atoms. The summed E-state index contributed by atoms with van der Waals surface area (Å²) in [7, 11) is 1.82. The SMILES string of the molecule is Cn1cc(-c2cc(Oc3ccc(F)c(NC(=O)Nc4cccc(N5CCC(=O)C5)c4)c3)ccn2)cn1. The van der Waals surface area contributed by atoms with E-state index in [9.17, 15) is 14.0 Å². The van der Waals surface area contributed by atoms with Gasteiger partial charge >= 0.3 is 6.03 Å². The lowest BCUT2D eigenvalue weighted by Crippen LogP contribution is -2.22. The topological polar surface area (TPSA) is 101 Å². The Kier molecular flexibility index (Phi) is 6.31. The number of Topliss-reactive ketones (excluding diaryl/α,β-unsaturated/α-hetero) is 1. The maximum Gasteiger partial charge on any atom is 0.323 e. The lowest BCUT2D eigenvalue weighted by Gasteiger charge is -2.17. The fraction of sp³-hybridized carbons (Fsp3) is 0.154. The number of pyridine rings is 1. The largest absolute Gasteiger partial charge is 0.457 e. The van der Waals surface area contributed by atoms with Crippen LogP contribution in [0.15, 0.2) is 73.2 Å². The number of hydrogen-bond acceptors (Lipinski definition) is 6. The molecule has 1 aliphatic heterocycles. The van der Waals surface area contributed by atoms with Crippen LogP contribution in [0, 0.1) is 5.82 Å². The van der Waals surface area contributed by atoms with E-state index in [1.165, 1.54) is 18.2 Å². The minimum absolute atomic E-state index is 0.0344. The number of carbonyl (C=O) groups is 2. The monoisotopic (exact) mass is 486 g/mol. The summed E-state index contributed by atoms with van der Waals surface area (Å²) in [5.41, 5.74) is 2.84. The number of benzene rings is 2. The second kappa shape index (κ2) is 9.87. The van der Waals surface area contributed by atoms with Crippen LogP contribution in [0.5, 0.6) is 11.5 Å². The summed E-state index contributed by atoms with van der Waals surface area (Å²) in [5.74, 6) is 0.426. The highest BCUT2D eigenvalue weighted by atomic mass is 19.1.